The number of thiazole rings is 1. The number of anilines is 2. The molecule has 2 N–H and O–H groups in total. The van der Waals surface area contributed by atoms with Crippen LogP contribution in [0.5, 0.6) is 0 Å². The topological polar surface area (TPSA) is 71.6 Å². The number of carbonyl (C=O) groups is 1. The first-order chi connectivity index (χ1) is 9.04. The molecule has 1 aliphatic heterocycles. The van der Waals surface area contributed by atoms with Crippen molar-refractivity contribution in [2.45, 2.75) is 13.3 Å². The Kier molecular flexibility index (Phi) is 3.02. The number of aromatic nitrogens is 1. The van der Waals surface area contributed by atoms with E-state index in [9.17, 15) is 4.79 Å². The van der Waals surface area contributed by atoms with Gasteiger partial charge in [-0.25, -0.2) is 9.99 Å². The third-order valence-electron chi connectivity index (χ3n) is 2.86. The fraction of sp³-hybridized carbons (Fsp3) is 0.250. The number of nitrogen functional groups attached to an aromatic ring is 1. The third-order valence-corrected chi connectivity index (χ3v) is 4.30. The van der Waals surface area contributed by atoms with Crippen molar-refractivity contribution in [3.8, 4) is 0 Å². The molecule has 3 rings (SSSR count). The van der Waals surface area contributed by atoms with Gasteiger partial charge in [-0.1, -0.05) is 18.3 Å². The maximum atomic E-state index is 12.0. The highest BCUT2D eigenvalue weighted by molar-refractivity contribution is 9.10. The molecule has 0 saturated heterocycles. The van der Waals surface area contributed by atoms with Crippen LogP contribution in [-0.4, -0.2) is 17.1 Å². The average Bonchev–Trinajstić information content (AvgIpc) is 2.70. The van der Waals surface area contributed by atoms with Gasteiger partial charge in [-0.3, -0.25) is 4.79 Å². The second-order valence-electron chi connectivity index (χ2n) is 4.48. The van der Waals surface area contributed by atoms with Crippen LogP contribution in [0.25, 0.3) is 10.2 Å². The lowest BCUT2D eigenvalue weighted by atomic mass is 10.1. The van der Waals surface area contributed by atoms with E-state index in [1.54, 1.807) is 6.21 Å². The second kappa shape index (κ2) is 4.57. The molecule has 19 heavy (non-hydrogen) atoms. The molecule has 0 fully saturated rings. The van der Waals surface area contributed by atoms with Crippen LogP contribution in [0.2, 0.25) is 0 Å². The smallest absolute Gasteiger partial charge is 0.248 e. The van der Waals surface area contributed by atoms with Crippen molar-refractivity contribution in [1.82, 2.24) is 4.98 Å². The number of hydrazone groups is 1. The third kappa shape index (κ3) is 2.23. The number of nitrogens with zero attached hydrogens (tertiary/aromatic N) is 3. The highest BCUT2D eigenvalue weighted by atomic mass is 79.9. The van der Waals surface area contributed by atoms with Gasteiger partial charge in [-0.05, 0) is 28.1 Å². The van der Waals surface area contributed by atoms with Crippen LogP contribution in [0.4, 0.5) is 10.8 Å². The molecule has 7 heteroatoms. The normalized spacial score (nSPS) is 19.4. The molecule has 0 aliphatic carbocycles. The lowest BCUT2D eigenvalue weighted by molar-refractivity contribution is -0.119. The summed E-state index contributed by atoms with van der Waals surface area (Å²) in [6.45, 7) is 1.97. The Morgan fingerprint density at radius 2 is 2.32 bits per heavy atom. The zero-order valence-corrected chi connectivity index (χ0v) is 12.5. The number of hydrogen-bond acceptors (Lipinski definition) is 5. The number of carbonyl (C=O) groups excluding carboxylic acids is 1. The van der Waals surface area contributed by atoms with Gasteiger partial charge in [0.25, 0.3) is 0 Å². The molecule has 1 unspecified atom stereocenters. The minimum absolute atomic E-state index is 0.00117. The number of halogens is 1. The highest BCUT2D eigenvalue weighted by Gasteiger charge is 2.22. The van der Waals surface area contributed by atoms with E-state index in [1.807, 2.05) is 19.1 Å². The first-order valence-corrected chi connectivity index (χ1v) is 7.38. The first kappa shape index (κ1) is 12.6. The molecule has 0 bridgehead atoms. The van der Waals surface area contributed by atoms with E-state index in [1.165, 1.54) is 16.3 Å². The molecular formula is C12H11BrN4OS. The number of fused-ring (bicyclic) bond motifs is 1. The molecule has 0 radical (unpaired) electrons. The molecule has 1 amide bonds. The summed E-state index contributed by atoms with van der Waals surface area (Å²) in [5.74, 6) is 0.189. The standard InChI is InChI=1S/C12H11BrN4OS/c1-6-2-10(18)17(15-5-6)7-3-8(13)11-9(4-7)19-12(14)16-11/h3-6H,2H2,1H3,(H2,14,16). The van der Waals surface area contributed by atoms with E-state index in [4.69, 9.17) is 5.73 Å². The Balaban J connectivity index is 2.10. The zero-order valence-electron chi connectivity index (χ0n) is 10.1. The maximum absolute atomic E-state index is 12.0. The summed E-state index contributed by atoms with van der Waals surface area (Å²) < 4.78 is 1.75. The summed E-state index contributed by atoms with van der Waals surface area (Å²) in [6.07, 6.45) is 2.27. The van der Waals surface area contributed by atoms with Gasteiger partial charge < -0.3 is 5.73 Å². The summed E-state index contributed by atoms with van der Waals surface area (Å²) in [4.78, 5) is 16.3. The molecule has 2 heterocycles. The van der Waals surface area contributed by atoms with Crippen LogP contribution in [0, 0.1) is 5.92 Å². The van der Waals surface area contributed by atoms with E-state index in [0.29, 0.717) is 11.6 Å². The summed E-state index contributed by atoms with van der Waals surface area (Å²) in [5, 5.41) is 6.15. The molecular weight excluding hydrogens is 328 g/mol. The van der Waals surface area contributed by atoms with Gasteiger partial charge >= 0.3 is 0 Å². The molecule has 0 spiro atoms. The summed E-state index contributed by atoms with van der Waals surface area (Å²) in [5.41, 5.74) is 7.26. The summed E-state index contributed by atoms with van der Waals surface area (Å²) in [7, 11) is 0. The van der Waals surface area contributed by atoms with Crippen LogP contribution in [0.3, 0.4) is 0 Å². The lowest BCUT2D eigenvalue weighted by Crippen LogP contribution is -2.31. The Morgan fingerprint density at radius 3 is 3.05 bits per heavy atom. The van der Waals surface area contributed by atoms with Gasteiger partial charge in [0.1, 0.15) is 0 Å². The van der Waals surface area contributed by atoms with Gasteiger partial charge in [0.05, 0.1) is 15.9 Å². The van der Waals surface area contributed by atoms with Gasteiger partial charge in [0.2, 0.25) is 5.91 Å². The van der Waals surface area contributed by atoms with Crippen molar-refractivity contribution in [2.24, 2.45) is 11.0 Å². The Hall–Kier alpha value is -1.47. The highest BCUT2D eigenvalue weighted by Crippen LogP contribution is 2.35. The maximum Gasteiger partial charge on any atom is 0.248 e. The SMILES string of the molecule is CC1C=NN(c2cc(Br)c3nc(N)sc3c2)C(=O)C1. The number of amides is 1. The van der Waals surface area contributed by atoms with Crippen LogP contribution in [0.1, 0.15) is 13.3 Å². The van der Waals surface area contributed by atoms with Gasteiger partial charge in [-0.2, -0.15) is 5.10 Å². The molecule has 98 valence electrons. The fourth-order valence-corrected chi connectivity index (χ4v) is 3.45. The van der Waals surface area contributed by atoms with E-state index < -0.39 is 0 Å². The van der Waals surface area contributed by atoms with E-state index >= 15 is 0 Å². The van der Waals surface area contributed by atoms with Crippen molar-refractivity contribution in [1.29, 1.82) is 0 Å². The lowest BCUT2D eigenvalue weighted by Gasteiger charge is -2.22. The minimum Gasteiger partial charge on any atom is -0.375 e. The van der Waals surface area contributed by atoms with Crippen molar-refractivity contribution >= 4 is 60.4 Å². The number of hydrogen-bond donors (Lipinski definition) is 1. The van der Waals surface area contributed by atoms with Crippen molar-refractivity contribution < 1.29 is 4.79 Å². The Bertz CT molecular complexity index is 696. The zero-order chi connectivity index (χ0) is 13.6. The summed E-state index contributed by atoms with van der Waals surface area (Å²) >= 11 is 4.85. The van der Waals surface area contributed by atoms with E-state index in [-0.39, 0.29) is 11.8 Å². The van der Waals surface area contributed by atoms with Gasteiger partial charge in [0.15, 0.2) is 5.13 Å². The molecule has 1 atom stereocenters. The predicted octanol–water partition coefficient (Wildman–Crippen LogP) is 3.00. The molecule has 1 aromatic heterocycles. The van der Waals surface area contributed by atoms with Crippen LogP contribution >= 0.6 is 27.3 Å². The van der Waals surface area contributed by atoms with Gasteiger partial charge in [0, 0.05) is 23.0 Å². The fourth-order valence-electron chi connectivity index (χ4n) is 1.98. The summed E-state index contributed by atoms with van der Waals surface area (Å²) in [6, 6.07) is 3.73. The largest absolute Gasteiger partial charge is 0.375 e. The second-order valence-corrected chi connectivity index (χ2v) is 6.39. The number of rotatable bonds is 1. The predicted molar refractivity (Wildman–Crippen MR) is 81.5 cm³/mol. The quantitative estimate of drug-likeness (QED) is 0.868. The molecule has 1 aliphatic rings. The molecule has 0 saturated carbocycles. The molecule has 1 aromatic carbocycles. The average molecular weight is 339 g/mol. The van der Waals surface area contributed by atoms with Crippen molar-refractivity contribution in [3.63, 3.8) is 0 Å². The van der Waals surface area contributed by atoms with E-state index in [0.717, 1.165) is 20.4 Å². The number of benzene rings is 1. The van der Waals surface area contributed by atoms with Crippen molar-refractivity contribution in [3.05, 3.63) is 16.6 Å². The number of nitrogens with two attached hydrogens (primary N) is 1. The van der Waals surface area contributed by atoms with Crippen LogP contribution in [-0.2, 0) is 4.79 Å². The minimum atomic E-state index is -0.00117. The van der Waals surface area contributed by atoms with Gasteiger partial charge in [-0.15, -0.1) is 0 Å². The first-order valence-electron chi connectivity index (χ1n) is 5.77. The Labute approximate surface area is 122 Å². The Morgan fingerprint density at radius 1 is 1.53 bits per heavy atom. The molecule has 5 nitrogen and oxygen atoms in total. The van der Waals surface area contributed by atoms with Crippen LogP contribution < -0.4 is 10.7 Å². The van der Waals surface area contributed by atoms with E-state index in [2.05, 4.69) is 26.0 Å². The van der Waals surface area contributed by atoms with Crippen molar-refractivity contribution in [2.75, 3.05) is 10.7 Å². The van der Waals surface area contributed by atoms with Crippen LogP contribution in [0.15, 0.2) is 21.7 Å². The molecule has 2 aromatic rings. The monoisotopic (exact) mass is 338 g/mol.